The second-order valence-corrected chi connectivity index (χ2v) is 5.09. The van der Waals surface area contributed by atoms with Crippen LogP contribution in [0.15, 0.2) is 0 Å². The minimum atomic E-state index is -0.976. The van der Waals surface area contributed by atoms with E-state index >= 15 is 0 Å². The normalized spacial score (nSPS) is 14.2. The predicted molar refractivity (Wildman–Crippen MR) is 72.1 cm³/mol. The number of aliphatic hydroxyl groups is 1. The number of amides is 1. The maximum absolute atomic E-state index is 12.1. The fraction of sp³-hybridized carbons (Fsp3) is 0.692. The molecule has 1 unspecified atom stereocenters. The first kappa shape index (κ1) is 15.7. The lowest BCUT2D eigenvalue weighted by Crippen LogP contribution is -2.41. The summed E-state index contributed by atoms with van der Waals surface area (Å²) in [6, 6.07) is 0. The average Bonchev–Trinajstić information content (AvgIpc) is 2.58. The number of methoxy groups -OCH3 is 1. The highest BCUT2D eigenvalue weighted by Gasteiger charge is 2.23. The lowest BCUT2D eigenvalue weighted by Gasteiger charge is -2.23. The van der Waals surface area contributed by atoms with Crippen molar-refractivity contribution in [3.05, 3.63) is 17.0 Å². The number of carbonyl (C=O) groups is 1. The average molecular weight is 269 g/mol. The zero-order valence-corrected chi connectivity index (χ0v) is 12.3. The van der Waals surface area contributed by atoms with Crippen LogP contribution in [-0.2, 0) is 11.8 Å². The van der Waals surface area contributed by atoms with Crippen molar-refractivity contribution < 1.29 is 14.6 Å². The van der Waals surface area contributed by atoms with Gasteiger partial charge in [-0.1, -0.05) is 0 Å². The third-order valence-electron chi connectivity index (χ3n) is 3.21. The number of carbonyl (C=O) groups excluding carboxylic acids is 1. The van der Waals surface area contributed by atoms with E-state index in [2.05, 4.69) is 10.4 Å². The highest BCUT2D eigenvalue weighted by Crippen LogP contribution is 2.13. The minimum absolute atomic E-state index is 0.183. The Morgan fingerprint density at radius 3 is 2.63 bits per heavy atom. The summed E-state index contributed by atoms with van der Waals surface area (Å²) in [5.74, 6) is -0.208. The molecular weight excluding hydrogens is 246 g/mol. The van der Waals surface area contributed by atoms with Crippen LogP contribution in [0.25, 0.3) is 0 Å². The van der Waals surface area contributed by atoms with E-state index in [-0.39, 0.29) is 12.5 Å². The van der Waals surface area contributed by atoms with Gasteiger partial charge in [-0.15, -0.1) is 0 Å². The first-order chi connectivity index (χ1) is 8.78. The zero-order valence-electron chi connectivity index (χ0n) is 12.3. The van der Waals surface area contributed by atoms with Gasteiger partial charge < -0.3 is 15.2 Å². The van der Waals surface area contributed by atoms with E-state index in [1.54, 1.807) is 32.7 Å². The van der Waals surface area contributed by atoms with Crippen LogP contribution < -0.4 is 5.32 Å². The molecule has 6 heteroatoms. The van der Waals surface area contributed by atoms with Crippen molar-refractivity contribution in [1.82, 2.24) is 15.1 Å². The van der Waals surface area contributed by atoms with Gasteiger partial charge in [-0.2, -0.15) is 5.10 Å². The number of hydrogen-bond donors (Lipinski definition) is 2. The van der Waals surface area contributed by atoms with E-state index < -0.39 is 5.60 Å². The third-order valence-corrected chi connectivity index (χ3v) is 3.21. The van der Waals surface area contributed by atoms with E-state index in [1.807, 2.05) is 6.92 Å². The molecule has 0 aromatic carbocycles. The fourth-order valence-corrected chi connectivity index (χ4v) is 1.87. The molecule has 0 bridgehead atoms. The zero-order chi connectivity index (χ0) is 14.6. The summed E-state index contributed by atoms with van der Waals surface area (Å²) in [5.41, 5.74) is 1.10. The van der Waals surface area contributed by atoms with Gasteiger partial charge in [-0.25, -0.2) is 0 Å². The van der Waals surface area contributed by atoms with Crippen LogP contribution in [0, 0.1) is 13.8 Å². The molecule has 0 radical (unpaired) electrons. The number of aryl methyl sites for hydroxylation is 2. The van der Waals surface area contributed by atoms with Crippen molar-refractivity contribution in [2.45, 2.75) is 32.8 Å². The van der Waals surface area contributed by atoms with Gasteiger partial charge in [0.2, 0.25) is 0 Å². The van der Waals surface area contributed by atoms with E-state index in [9.17, 15) is 9.90 Å². The number of rotatable bonds is 6. The van der Waals surface area contributed by atoms with Crippen molar-refractivity contribution >= 4 is 5.91 Å². The number of aromatic nitrogens is 2. The molecule has 0 saturated heterocycles. The Morgan fingerprint density at radius 1 is 1.53 bits per heavy atom. The quantitative estimate of drug-likeness (QED) is 0.791. The molecule has 1 heterocycles. The smallest absolute Gasteiger partial charge is 0.255 e. The maximum atomic E-state index is 12.1. The standard InChI is InChI=1S/C13H23N3O3/c1-9-11(10(2)16(4)15-9)12(17)14-8-13(3,18)6-7-19-5/h18H,6-8H2,1-5H3,(H,14,17). The molecule has 1 amide bonds. The van der Waals surface area contributed by atoms with Gasteiger partial charge in [0.15, 0.2) is 0 Å². The van der Waals surface area contributed by atoms with Gasteiger partial charge in [-0.05, 0) is 20.8 Å². The van der Waals surface area contributed by atoms with Crippen molar-refractivity contribution in [3.63, 3.8) is 0 Å². The fourth-order valence-electron chi connectivity index (χ4n) is 1.87. The summed E-state index contributed by atoms with van der Waals surface area (Å²) < 4.78 is 6.60. The molecule has 1 atom stereocenters. The molecule has 0 spiro atoms. The van der Waals surface area contributed by atoms with Gasteiger partial charge in [0.05, 0.1) is 16.9 Å². The molecule has 0 aliphatic heterocycles. The first-order valence-corrected chi connectivity index (χ1v) is 6.28. The van der Waals surface area contributed by atoms with Crippen molar-refractivity contribution in [3.8, 4) is 0 Å². The third kappa shape index (κ3) is 4.04. The van der Waals surface area contributed by atoms with Crippen LogP contribution in [0.4, 0.5) is 0 Å². The summed E-state index contributed by atoms with van der Waals surface area (Å²) in [4.78, 5) is 12.1. The second-order valence-electron chi connectivity index (χ2n) is 5.09. The molecule has 6 nitrogen and oxygen atoms in total. The highest BCUT2D eigenvalue weighted by atomic mass is 16.5. The molecule has 19 heavy (non-hydrogen) atoms. The molecule has 1 aromatic heterocycles. The summed E-state index contributed by atoms with van der Waals surface area (Å²) in [6.07, 6.45) is 0.467. The molecule has 0 aliphatic rings. The Balaban J connectivity index is 2.65. The largest absolute Gasteiger partial charge is 0.388 e. The summed E-state index contributed by atoms with van der Waals surface area (Å²) in [6.45, 7) is 5.95. The molecule has 108 valence electrons. The molecule has 0 aliphatic carbocycles. The SMILES string of the molecule is COCCC(C)(O)CNC(=O)c1c(C)nn(C)c1C. The number of hydrogen-bond acceptors (Lipinski definition) is 4. The van der Waals surface area contributed by atoms with Gasteiger partial charge in [0.1, 0.15) is 0 Å². The molecule has 1 aromatic rings. The molecule has 2 N–H and O–H groups in total. The highest BCUT2D eigenvalue weighted by molar-refractivity contribution is 5.96. The van der Waals surface area contributed by atoms with E-state index in [0.29, 0.717) is 24.3 Å². The lowest BCUT2D eigenvalue weighted by molar-refractivity contribution is 0.0243. The maximum Gasteiger partial charge on any atom is 0.255 e. The van der Waals surface area contributed by atoms with Gasteiger partial charge in [-0.3, -0.25) is 9.48 Å². The van der Waals surface area contributed by atoms with Gasteiger partial charge in [0.25, 0.3) is 5.91 Å². The van der Waals surface area contributed by atoms with Crippen LogP contribution in [0.3, 0.4) is 0 Å². The minimum Gasteiger partial charge on any atom is -0.388 e. The Hall–Kier alpha value is -1.40. The second kappa shape index (κ2) is 6.16. The number of nitrogens with zero attached hydrogens (tertiary/aromatic N) is 2. The van der Waals surface area contributed by atoms with Gasteiger partial charge in [0, 0.05) is 39.4 Å². The van der Waals surface area contributed by atoms with E-state index in [4.69, 9.17) is 4.74 Å². The lowest BCUT2D eigenvalue weighted by atomic mass is 10.0. The summed E-state index contributed by atoms with van der Waals surface area (Å²) in [7, 11) is 3.38. The number of ether oxygens (including phenoxy) is 1. The van der Waals surface area contributed by atoms with Crippen molar-refractivity contribution in [1.29, 1.82) is 0 Å². The molecule has 0 saturated carbocycles. The van der Waals surface area contributed by atoms with Crippen LogP contribution in [-0.4, -0.2) is 46.7 Å². The predicted octanol–water partition coefficient (Wildman–Crippen LogP) is 0.554. The topological polar surface area (TPSA) is 76.4 Å². The molecule has 1 rings (SSSR count). The van der Waals surface area contributed by atoms with Crippen molar-refractivity contribution in [2.24, 2.45) is 7.05 Å². The Kier molecular flexibility index (Phi) is 5.08. The van der Waals surface area contributed by atoms with E-state index in [1.165, 1.54) is 0 Å². The number of nitrogens with one attached hydrogen (secondary N) is 1. The van der Waals surface area contributed by atoms with Crippen LogP contribution in [0.1, 0.15) is 35.1 Å². The Bertz CT molecular complexity index is 452. The molecule has 0 fully saturated rings. The van der Waals surface area contributed by atoms with Crippen molar-refractivity contribution in [2.75, 3.05) is 20.3 Å². The summed E-state index contributed by atoms with van der Waals surface area (Å²) in [5, 5.41) is 17.0. The monoisotopic (exact) mass is 269 g/mol. The van der Waals surface area contributed by atoms with Crippen LogP contribution >= 0.6 is 0 Å². The molecular formula is C13H23N3O3. The van der Waals surface area contributed by atoms with Gasteiger partial charge >= 0.3 is 0 Å². The Morgan fingerprint density at radius 2 is 2.16 bits per heavy atom. The summed E-state index contributed by atoms with van der Waals surface area (Å²) >= 11 is 0. The Labute approximate surface area is 113 Å². The first-order valence-electron chi connectivity index (χ1n) is 6.28. The van der Waals surface area contributed by atoms with E-state index in [0.717, 1.165) is 5.69 Å². The van der Waals surface area contributed by atoms with Crippen LogP contribution in [0.5, 0.6) is 0 Å². The van der Waals surface area contributed by atoms with Crippen LogP contribution in [0.2, 0.25) is 0 Å².